The van der Waals surface area contributed by atoms with Crippen molar-refractivity contribution >= 4 is 33.3 Å². The Balaban J connectivity index is 2.03. The number of anilines is 1. The molecule has 4 nitrogen and oxygen atoms in total. The van der Waals surface area contributed by atoms with Crippen molar-refractivity contribution < 1.29 is 14.7 Å². The van der Waals surface area contributed by atoms with Crippen LogP contribution in [0.3, 0.4) is 0 Å². The van der Waals surface area contributed by atoms with Gasteiger partial charge in [-0.15, -0.1) is 0 Å². The van der Waals surface area contributed by atoms with Crippen molar-refractivity contribution in [2.24, 2.45) is 5.92 Å². The monoisotopic (exact) mass is 283 g/mol. The zero-order valence-corrected chi connectivity index (χ0v) is 9.95. The predicted molar refractivity (Wildman–Crippen MR) is 62.2 cm³/mol. The predicted octanol–water partition coefficient (Wildman–Crippen LogP) is 2.07. The lowest BCUT2D eigenvalue weighted by molar-refractivity contribution is -0.135. The van der Waals surface area contributed by atoms with E-state index in [1.54, 1.807) is 6.07 Å². The van der Waals surface area contributed by atoms with Gasteiger partial charge in [-0.25, -0.2) is 0 Å². The Kier molecular flexibility index (Phi) is 2.96. The van der Waals surface area contributed by atoms with Gasteiger partial charge in [0, 0.05) is 29.1 Å². The number of benzene rings is 1. The van der Waals surface area contributed by atoms with E-state index in [2.05, 4.69) is 21.2 Å². The summed E-state index contributed by atoms with van der Waals surface area (Å²) in [5.41, 5.74) is 0.524. The standard InChI is InChI=1S/C11H10BrNO3/c12-7-3-8(5-10(15)4-7)13-11(16)6-1-9(14)2-6/h3-6,15H,1-2H2,(H,13,16). The number of hydrogen-bond acceptors (Lipinski definition) is 3. The third-order valence-corrected chi connectivity index (χ3v) is 2.93. The molecule has 2 N–H and O–H groups in total. The third kappa shape index (κ3) is 2.41. The highest BCUT2D eigenvalue weighted by atomic mass is 79.9. The minimum absolute atomic E-state index is 0.0781. The number of amides is 1. The van der Waals surface area contributed by atoms with Gasteiger partial charge in [0.25, 0.3) is 0 Å². The minimum Gasteiger partial charge on any atom is -0.508 e. The number of nitrogens with one attached hydrogen (secondary N) is 1. The number of ketones is 1. The van der Waals surface area contributed by atoms with E-state index in [1.165, 1.54) is 12.1 Å². The highest BCUT2D eigenvalue weighted by Gasteiger charge is 2.32. The van der Waals surface area contributed by atoms with Crippen LogP contribution in [0, 0.1) is 5.92 Å². The summed E-state index contributed by atoms with van der Waals surface area (Å²) in [6, 6.07) is 4.68. The van der Waals surface area contributed by atoms with Gasteiger partial charge in [0.15, 0.2) is 0 Å². The van der Waals surface area contributed by atoms with Crippen LogP contribution in [0.5, 0.6) is 5.75 Å². The van der Waals surface area contributed by atoms with Crippen LogP contribution in [0.25, 0.3) is 0 Å². The number of halogens is 1. The molecule has 1 aromatic rings. The summed E-state index contributed by atoms with van der Waals surface area (Å²) in [7, 11) is 0. The molecule has 0 heterocycles. The van der Waals surface area contributed by atoms with E-state index in [1.807, 2.05) is 0 Å². The van der Waals surface area contributed by atoms with Gasteiger partial charge >= 0.3 is 0 Å². The number of hydrogen-bond donors (Lipinski definition) is 2. The fourth-order valence-electron chi connectivity index (χ4n) is 1.57. The van der Waals surface area contributed by atoms with Crippen molar-refractivity contribution in [1.82, 2.24) is 0 Å². The second-order valence-corrected chi connectivity index (χ2v) is 4.75. The molecule has 1 aromatic carbocycles. The molecule has 0 bridgehead atoms. The first-order valence-electron chi connectivity index (χ1n) is 4.87. The lowest BCUT2D eigenvalue weighted by Gasteiger charge is -2.22. The first-order chi connectivity index (χ1) is 7.54. The molecule has 0 radical (unpaired) electrons. The molecule has 0 aliphatic heterocycles. The van der Waals surface area contributed by atoms with E-state index < -0.39 is 0 Å². The molecule has 1 fully saturated rings. The average molecular weight is 284 g/mol. The molecule has 1 saturated carbocycles. The molecule has 84 valence electrons. The Morgan fingerprint density at radius 1 is 1.38 bits per heavy atom. The molecule has 0 spiro atoms. The number of rotatable bonds is 2. The summed E-state index contributed by atoms with van der Waals surface area (Å²) >= 11 is 3.22. The molecule has 0 unspecified atom stereocenters. The number of phenolic OH excluding ortho intramolecular Hbond substituents is 1. The summed E-state index contributed by atoms with van der Waals surface area (Å²) in [5, 5.41) is 12.0. The molecular formula is C11H10BrNO3. The Morgan fingerprint density at radius 3 is 2.62 bits per heavy atom. The Labute approximate surface area is 101 Å². The summed E-state index contributed by atoms with van der Waals surface area (Å²) in [6.07, 6.45) is 0.650. The van der Waals surface area contributed by atoms with Gasteiger partial charge in [0.1, 0.15) is 11.5 Å². The van der Waals surface area contributed by atoms with E-state index in [0.717, 1.165) is 0 Å². The van der Waals surface area contributed by atoms with Crippen LogP contribution >= 0.6 is 15.9 Å². The Bertz CT molecular complexity index is 430. The zero-order valence-electron chi connectivity index (χ0n) is 8.37. The van der Waals surface area contributed by atoms with E-state index in [4.69, 9.17) is 0 Å². The maximum Gasteiger partial charge on any atom is 0.228 e. The topological polar surface area (TPSA) is 66.4 Å². The molecule has 1 aliphatic carbocycles. The smallest absolute Gasteiger partial charge is 0.228 e. The van der Waals surface area contributed by atoms with Gasteiger partial charge < -0.3 is 10.4 Å². The molecule has 0 saturated heterocycles. The van der Waals surface area contributed by atoms with Gasteiger partial charge in [0.2, 0.25) is 5.91 Å². The van der Waals surface area contributed by atoms with Crippen molar-refractivity contribution in [2.45, 2.75) is 12.8 Å². The number of carbonyl (C=O) groups is 2. The molecule has 16 heavy (non-hydrogen) atoms. The Hall–Kier alpha value is -1.36. The summed E-state index contributed by atoms with van der Waals surface area (Å²) in [6.45, 7) is 0. The van der Waals surface area contributed by atoms with Crippen LogP contribution in [0.15, 0.2) is 22.7 Å². The number of Topliss-reactive ketones (excluding diaryl/α,β-unsaturated/α-hetero) is 1. The first-order valence-corrected chi connectivity index (χ1v) is 5.66. The largest absolute Gasteiger partial charge is 0.508 e. The van der Waals surface area contributed by atoms with Gasteiger partial charge in [0.05, 0.1) is 5.92 Å². The van der Waals surface area contributed by atoms with Crippen molar-refractivity contribution in [3.05, 3.63) is 22.7 Å². The molecule has 1 aliphatic rings. The maximum atomic E-state index is 11.6. The fourth-order valence-corrected chi connectivity index (χ4v) is 2.05. The fraction of sp³-hybridized carbons (Fsp3) is 0.273. The lowest BCUT2D eigenvalue weighted by Crippen LogP contribution is -2.34. The van der Waals surface area contributed by atoms with Gasteiger partial charge in [-0.3, -0.25) is 9.59 Å². The van der Waals surface area contributed by atoms with Crippen molar-refractivity contribution in [2.75, 3.05) is 5.32 Å². The van der Waals surface area contributed by atoms with Gasteiger partial charge in [-0.05, 0) is 12.1 Å². The van der Waals surface area contributed by atoms with Crippen molar-refractivity contribution in [1.29, 1.82) is 0 Å². The quantitative estimate of drug-likeness (QED) is 0.873. The molecule has 5 heteroatoms. The van der Waals surface area contributed by atoms with Crippen LogP contribution in [0.2, 0.25) is 0 Å². The maximum absolute atomic E-state index is 11.6. The summed E-state index contributed by atoms with van der Waals surface area (Å²) in [5.74, 6) is -0.183. The highest BCUT2D eigenvalue weighted by Crippen LogP contribution is 2.27. The number of aromatic hydroxyl groups is 1. The molecule has 1 amide bonds. The minimum atomic E-state index is -0.214. The van der Waals surface area contributed by atoms with E-state index in [0.29, 0.717) is 23.0 Å². The van der Waals surface area contributed by atoms with Crippen LogP contribution < -0.4 is 5.32 Å². The highest BCUT2D eigenvalue weighted by molar-refractivity contribution is 9.10. The van der Waals surface area contributed by atoms with E-state index in [9.17, 15) is 14.7 Å². The second-order valence-electron chi connectivity index (χ2n) is 3.83. The molecule has 0 aromatic heterocycles. The normalized spacial score (nSPS) is 15.7. The number of phenols is 1. The van der Waals surface area contributed by atoms with E-state index in [-0.39, 0.29) is 23.4 Å². The SMILES string of the molecule is O=C1CC(C(=O)Nc2cc(O)cc(Br)c2)C1. The third-order valence-electron chi connectivity index (χ3n) is 2.47. The van der Waals surface area contributed by atoms with Gasteiger partial charge in [-0.1, -0.05) is 15.9 Å². The Morgan fingerprint density at radius 2 is 2.06 bits per heavy atom. The average Bonchev–Trinajstić information content (AvgIpc) is 2.10. The number of carbonyl (C=O) groups excluding carboxylic acids is 2. The zero-order chi connectivity index (χ0) is 11.7. The molecule has 0 atom stereocenters. The van der Waals surface area contributed by atoms with Crippen LogP contribution in [-0.2, 0) is 9.59 Å². The lowest BCUT2D eigenvalue weighted by atomic mass is 9.83. The summed E-state index contributed by atoms with van der Waals surface area (Å²) in [4.78, 5) is 22.3. The van der Waals surface area contributed by atoms with Crippen LogP contribution in [0.4, 0.5) is 5.69 Å². The summed E-state index contributed by atoms with van der Waals surface area (Å²) < 4.78 is 0.687. The van der Waals surface area contributed by atoms with Gasteiger partial charge in [-0.2, -0.15) is 0 Å². The van der Waals surface area contributed by atoms with Crippen molar-refractivity contribution in [3.63, 3.8) is 0 Å². The molecular weight excluding hydrogens is 274 g/mol. The van der Waals surface area contributed by atoms with Crippen LogP contribution in [-0.4, -0.2) is 16.8 Å². The molecule has 2 rings (SSSR count). The van der Waals surface area contributed by atoms with E-state index >= 15 is 0 Å². The van der Waals surface area contributed by atoms with Crippen LogP contribution in [0.1, 0.15) is 12.8 Å². The van der Waals surface area contributed by atoms with Crippen molar-refractivity contribution in [3.8, 4) is 5.75 Å². The first kappa shape index (κ1) is 11.1. The second kappa shape index (κ2) is 4.25.